The first-order valence-electron chi connectivity index (χ1n) is 7.82. The second kappa shape index (κ2) is 8.10. The number of aliphatic hydroxyl groups excluding tert-OH is 1. The molecule has 1 unspecified atom stereocenters. The van der Waals surface area contributed by atoms with Crippen molar-refractivity contribution in [1.82, 2.24) is 4.98 Å². The largest absolute Gasteiger partial charge is 0.465 e. The van der Waals surface area contributed by atoms with Crippen LogP contribution in [0, 0.1) is 11.8 Å². The standard InChI is InChI=1S/C16H24N2O4/c1-2-22-15(19)13-7-5-12(6-8-13)11-18(16(20)21)14-4-3-9-17-10-14/h3-4,9-10,12-13,15,19H,2,5-8,11H2,1H3,(H,20,21). The van der Waals surface area contributed by atoms with Gasteiger partial charge in [-0.3, -0.25) is 9.88 Å². The van der Waals surface area contributed by atoms with Gasteiger partial charge in [0.1, 0.15) is 0 Å². The Hall–Kier alpha value is -1.66. The summed E-state index contributed by atoms with van der Waals surface area (Å²) < 4.78 is 5.25. The number of carboxylic acid groups (broad SMARTS) is 1. The van der Waals surface area contributed by atoms with Gasteiger partial charge in [0.05, 0.1) is 11.9 Å². The summed E-state index contributed by atoms with van der Waals surface area (Å²) in [6.07, 6.45) is 5.09. The predicted molar refractivity (Wildman–Crippen MR) is 82.7 cm³/mol. The number of aromatic nitrogens is 1. The smallest absolute Gasteiger partial charge is 0.411 e. The molecule has 6 nitrogen and oxygen atoms in total. The molecule has 122 valence electrons. The van der Waals surface area contributed by atoms with Crippen LogP contribution in [0.1, 0.15) is 32.6 Å². The topological polar surface area (TPSA) is 82.9 Å². The number of carbonyl (C=O) groups is 1. The van der Waals surface area contributed by atoms with E-state index in [4.69, 9.17) is 4.74 Å². The molecule has 2 rings (SSSR count). The molecule has 1 saturated carbocycles. The van der Waals surface area contributed by atoms with E-state index in [2.05, 4.69) is 4.98 Å². The normalized spacial score (nSPS) is 23.0. The molecule has 0 spiro atoms. The summed E-state index contributed by atoms with van der Waals surface area (Å²) in [7, 11) is 0. The fraction of sp³-hybridized carbons (Fsp3) is 0.625. The van der Waals surface area contributed by atoms with Gasteiger partial charge in [-0.2, -0.15) is 0 Å². The second-order valence-corrected chi connectivity index (χ2v) is 5.73. The number of pyridine rings is 1. The summed E-state index contributed by atoms with van der Waals surface area (Å²) in [5.41, 5.74) is 0.603. The molecule has 1 aromatic rings. The molecule has 1 aromatic heterocycles. The molecular formula is C16H24N2O4. The van der Waals surface area contributed by atoms with Crippen LogP contribution in [0.4, 0.5) is 10.5 Å². The summed E-state index contributed by atoms with van der Waals surface area (Å²) in [6.45, 7) is 2.85. The van der Waals surface area contributed by atoms with Crippen molar-refractivity contribution in [2.24, 2.45) is 11.8 Å². The van der Waals surface area contributed by atoms with Crippen LogP contribution in [-0.2, 0) is 4.74 Å². The van der Waals surface area contributed by atoms with Gasteiger partial charge in [-0.15, -0.1) is 0 Å². The summed E-state index contributed by atoms with van der Waals surface area (Å²) in [5, 5.41) is 19.3. The summed E-state index contributed by atoms with van der Waals surface area (Å²) in [6, 6.07) is 3.49. The summed E-state index contributed by atoms with van der Waals surface area (Å²) in [5.74, 6) is 0.467. The predicted octanol–water partition coefficient (Wildman–Crippen LogP) is 2.73. The molecule has 1 atom stereocenters. The van der Waals surface area contributed by atoms with E-state index in [1.54, 1.807) is 24.5 Å². The lowest BCUT2D eigenvalue weighted by Crippen LogP contribution is -2.37. The fourth-order valence-corrected chi connectivity index (χ4v) is 3.03. The molecule has 0 bridgehead atoms. The highest BCUT2D eigenvalue weighted by molar-refractivity contribution is 5.85. The minimum absolute atomic E-state index is 0.160. The van der Waals surface area contributed by atoms with Crippen LogP contribution in [0.2, 0.25) is 0 Å². The van der Waals surface area contributed by atoms with E-state index in [0.717, 1.165) is 25.7 Å². The molecule has 0 radical (unpaired) electrons. The maximum absolute atomic E-state index is 11.5. The van der Waals surface area contributed by atoms with Crippen LogP contribution in [0.5, 0.6) is 0 Å². The van der Waals surface area contributed by atoms with Gasteiger partial charge in [-0.1, -0.05) is 0 Å². The van der Waals surface area contributed by atoms with Gasteiger partial charge >= 0.3 is 6.09 Å². The maximum Gasteiger partial charge on any atom is 0.411 e. The van der Waals surface area contributed by atoms with Crippen molar-refractivity contribution in [3.63, 3.8) is 0 Å². The van der Waals surface area contributed by atoms with Gasteiger partial charge in [0, 0.05) is 25.3 Å². The molecule has 0 aliphatic heterocycles. The Balaban J connectivity index is 1.89. The minimum atomic E-state index is -0.954. The molecule has 2 N–H and O–H groups in total. The van der Waals surface area contributed by atoms with Crippen LogP contribution < -0.4 is 4.90 Å². The van der Waals surface area contributed by atoms with E-state index in [9.17, 15) is 15.0 Å². The first-order chi connectivity index (χ1) is 10.6. The third kappa shape index (κ3) is 4.42. The van der Waals surface area contributed by atoms with Gasteiger partial charge in [0.2, 0.25) is 0 Å². The number of hydrogen-bond donors (Lipinski definition) is 2. The van der Waals surface area contributed by atoms with E-state index in [0.29, 0.717) is 24.8 Å². The van der Waals surface area contributed by atoms with Gasteiger partial charge in [0.25, 0.3) is 0 Å². The Morgan fingerprint density at radius 3 is 2.73 bits per heavy atom. The second-order valence-electron chi connectivity index (χ2n) is 5.73. The van der Waals surface area contributed by atoms with Crippen LogP contribution in [0.15, 0.2) is 24.5 Å². The number of hydrogen-bond acceptors (Lipinski definition) is 4. The highest BCUT2D eigenvalue weighted by Crippen LogP contribution is 2.32. The van der Waals surface area contributed by atoms with Gasteiger partial charge in [-0.05, 0) is 50.7 Å². The zero-order chi connectivity index (χ0) is 15.9. The van der Waals surface area contributed by atoms with Crippen molar-refractivity contribution in [2.45, 2.75) is 38.9 Å². The molecule has 0 saturated heterocycles. The zero-order valence-corrected chi connectivity index (χ0v) is 12.9. The minimum Gasteiger partial charge on any atom is -0.465 e. The zero-order valence-electron chi connectivity index (χ0n) is 12.9. The maximum atomic E-state index is 11.5. The Labute approximate surface area is 130 Å². The van der Waals surface area contributed by atoms with Crippen molar-refractivity contribution in [3.05, 3.63) is 24.5 Å². The van der Waals surface area contributed by atoms with Crippen molar-refractivity contribution in [1.29, 1.82) is 0 Å². The highest BCUT2D eigenvalue weighted by Gasteiger charge is 2.29. The molecule has 1 aliphatic rings. The number of ether oxygens (including phenoxy) is 1. The van der Waals surface area contributed by atoms with Gasteiger partial charge in [-0.25, -0.2) is 4.79 Å². The van der Waals surface area contributed by atoms with Crippen molar-refractivity contribution < 1.29 is 19.7 Å². The van der Waals surface area contributed by atoms with E-state index in [-0.39, 0.29) is 5.92 Å². The van der Waals surface area contributed by atoms with E-state index < -0.39 is 12.4 Å². The van der Waals surface area contributed by atoms with Gasteiger partial charge in [0.15, 0.2) is 6.29 Å². The number of amides is 1. The molecule has 1 amide bonds. The Bertz CT molecular complexity index is 460. The number of anilines is 1. The van der Waals surface area contributed by atoms with Crippen molar-refractivity contribution in [2.75, 3.05) is 18.1 Å². The average molecular weight is 308 g/mol. The first kappa shape index (κ1) is 16.7. The molecular weight excluding hydrogens is 284 g/mol. The monoisotopic (exact) mass is 308 g/mol. The lowest BCUT2D eigenvalue weighted by Gasteiger charge is -2.33. The quantitative estimate of drug-likeness (QED) is 0.790. The van der Waals surface area contributed by atoms with Crippen molar-refractivity contribution >= 4 is 11.8 Å². The Morgan fingerprint density at radius 2 is 2.18 bits per heavy atom. The molecule has 6 heteroatoms. The Kier molecular flexibility index (Phi) is 6.15. The summed E-state index contributed by atoms with van der Waals surface area (Å²) in [4.78, 5) is 16.8. The van der Waals surface area contributed by atoms with Crippen LogP contribution >= 0.6 is 0 Å². The first-order valence-corrected chi connectivity index (χ1v) is 7.82. The van der Waals surface area contributed by atoms with Crippen molar-refractivity contribution in [3.8, 4) is 0 Å². The summed E-state index contributed by atoms with van der Waals surface area (Å²) >= 11 is 0. The van der Waals surface area contributed by atoms with E-state index in [1.165, 1.54) is 4.90 Å². The van der Waals surface area contributed by atoms with E-state index in [1.807, 2.05) is 6.92 Å². The molecule has 22 heavy (non-hydrogen) atoms. The molecule has 1 fully saturated rings. The lowest BCUT2D eigenvalue weighted by molar-refractivity contribution is -0.139. The molecule has 1 heterocycles. The lowest BCUT2D eigenvalue weighted by atomic mass is 9.81. The van der Waals surface area contributed by atoms with E-state index >= 15 is 0 Å². The van der Waals surface area contributed by atoms with Crippen LogP contribution in [0.25, 0.3) is 0 Å². The number of aliphatic hydroxyl groups is 1. The Morgan fingerprint density at radius 1 is 1.45 bits per heavy atom. The van der Waals surface area contributed by atoms with Crippen LogP contribution in [0.3, 0.4) is 0 Å². The van der Waals surface area contributed by atoms with Gasteiger partial charge < -0.3 is 14.9 Å². The molecule has 1 aliphatic carbocycles. The number of nitrogens with zero attached hydrogens (tertiary/aromatic N) is 2. The fourth-order valence-electron chi connectivity index (χ4n) is 3.03. The average Bonchev–Trinajstić information content (AvgIpc) is 2.54. The number of rotatable bonds is 6. The van der Waals surface area contributed by atoms with Crippen LogP contribution in [-0.4, -0.2) is 40.7 Å². The highest BCUT2D eigenvalue weighted by atomic mass is 16.6. The third-order valence-electron chi connectivity index (χ3n) is 4.26. The molecule has 0 aromatic carbocycles. The third-order valence-corrected chi connectivity index (χ3v) is 4.26. The SMILES string of the molecule is CCOC(O)C1CCC(CN(C(=O)O)c2cccnc2)CC1.